The van der Waals surface area contributed by atoms with Crippen LogP contribution < -0.4 is 10.1 Å². The van der Waals surface area contributed by atoms with Crippen LogP contribution in [0.3, 0.4) is 0 Å². The third kappa shape index (κ3) is 2.87. The molecule has 0 aliphatic rings. The van der Waals surface area contributed by atoms with Gasteiger partial charge < -0.3 is 19.8 Å². The molecule has 0 aliphatic carbocycles. The van der Waals surface area contributed by atoms with Gasteiger partial charge in [0.25, 0.3) is 0 Å². The summed E-state index contributed by atoms with van der Waals surface area (Å²) in [4.78, 5) is 12.3. The molecule has 0 saturated carbocycles. The van der Waals surface area contributed by atoms with E-state index in [1.807, 2.05) is 30.3 Å². The average molecular weight is 298 g/mol. The second-order valence-corrected chi connectivity index (χ2v) is 4.79. The van der Waals surface area contributed by atoms with Gasteiger partial charge in [0, 0.05) is 25.4 Å². The maximum Gasteiger partial charge on any atom is 0.154 e. The van der Waals surface area contributed by atoms with Gasteiger partial charge in [-0.25, -0.2) is 9.97 Å². The van der Waals surface area contributed by atoms with Crippen LogP contribution >= 0.6 is 0 Å². The average Bonchev–Trinajstić information content (AvgIpc) is 3.00. The van der Waals surface area contributed by atoms with Crippen molar-refractivity contribution < 1.29 is 9.47 Å². The number of benzene rings is 1. The van der Waals surface area contributed by atoms with Crippen molar-refractivity contribution in [1.29, 1.82) is 0 Å². The summed E-state index contributed by atoms with van der Waals surface area (Å²) in [6.07, 6.45) is 1.76. The highest BCUT2D eigenvalue weighted by Gasteiger charge is 2.09. The Morgan fingerprint density at radius 1 is 1.14 bits per heavy atom. The summed E-state index contributed by atoms with van der Waals surface area (Å²) in [5, 5.41) is 3.23. The van der Waals surface area contributed by atoms with Crippen LogP contribution in [0.15, 0.2) is 36.5 Å². The molecule has 0 radical (unpaired) electrons. The standard InChI is InChI=1S/C16H18N4O2/c1-21-10-9-18-16-14-13(7-8-17-16)19-15(20-14)11-3-5-12(22-2)6-4-11/h3-8H,9-10H2,1-2H3,(H,17,18)(H,19,20). The van der Waals surface area contributed by atoms with Crippen LogP contribution in [0.2, 0.25) is 0 Å². The van der Waals surface area contributed by atoms with Crippen molar-refractivity contribution in [2.45, 2.75) is 0 Å². The molecular weight excluding hydrogens is 280 g/mol. The fraction of sp³-hybridized carbons (Fsp3) is 0.250. The zero-order valence-electron chi connectivity index (χ0n) is 12.6. The number of H-pyrrole nitrogens is 1. The molecule has 0 fully saturated rings. The fourth-order valence-corrected chi connectivity index (χ4v) is 2.22. The minimum absolute atomic E-state index is 0.619. The van der Waals surface area contributed by atoms with Crippen LogP contribution in [0, 0.1) is 0 Å². The minimum Gasteiger partial charge on any atom is -0.497 e. The molecule has 6 heteroatoms. The maximum absolute atomic E-state index is 5.18. The molecule has 2 N–H and O–H groups in total. The predicted octanol–water partition coefficient (Wildman–Crippen LogP) is 2.69. The minimum atomic E-state index is 0.619. The Kier molecular flexibility index (Phi) is 4.20. The molecule has 0 saturated heterocycles. The molecule has 3 rings (SSSR count). The topological polar surface area (TPSA) is 72.1 Å². The maximum atomic E-state index is 5.18. The van der Waals surface area contributed by atoms with E-state index < -0.39 is 0 Å². The number of anilines is 1. The third-order valence-electron chi connectivity index (χ3n) is 3.36. The Balaban J connectivity index is 1.92. The first-order chi connectivity index (χ1) is 10.8. The van der Waals surface area contributed by atoms with Gasteiger partial charge in [-0.3, -0.25) is 0 Å². The highest BCUT2D eigenvalue weighted by molar-refractivity contribution is 5.88. The number of ether oxygens (including phenoxy) is 2. The van der Waals surface area contributed by atoms with Crippen LogP contribution in [0.4, 0.5) is 5.82 Å². The molecule has 1 aromatic carbocycles. The third-order valence-corrected chi connectivity index (χ3v) is 3.36. The smallest absolute Gasteiger partial charge is 0.154 e. The molecule has 22 heavy (non-hydrogen) atoms. The zero-order valence-corrected chi connectivity index (χ0v) is 12.6. The van der Waals surface area contributed by atoms with E-state index in [2.05, 4.69) is 20.3 Å². The number of pyridine rings is 1. The van der Waals surface area contributed by atoms with E-state index in [0.29, 0.717) is 13.2 Å². The number of methoxy groups -OCH3 is 2. The number of nitrogens with zero attached hydrogens (tertiary/aromatic N) is 2. The van der Waals surface area contributed by atoms with Crippen LogP contribution in [0.5, 0.6) is 5.75 Å². The number of imidazole rings is 1. The van der Waals surface area contributed by atoms with Crippen molar-refractivity contribution >= 4 is 16.9 Å². The van der Waals surface area contributed by atoms with Crippen LogP contribution in [-0.2, 0) is 4.74 Å². The number of aromatic nitrogens is 3. The summed E-state index contributed by atoms with van der Waals surface area (Å²) in [6.45, 7) is 1.31. The lowest BCUT2D eigenvalue weighted by molar-refractivity contribution is 0.210. The monoisotopic (exact) mass is 298 g/mol. The summed E-state index contributed by atoms with van der Waals surface area (Å²) in [5.74, 6) is 2.38. The Labute approximate surface area is 128 Å². The summed E-state index contributed by atoms with van der Waals surface area (Å²) in [7, 11) is 3.33. The summed E-state index contributed by atoms with van der Waals surface area (Å²) >= 11 is 0. The molecule has 3 aromatic rings. The quantitative estimate of drug-likeness (QED) is 0.685. The second kappa shape index (κ2) is 6.44. The van der Waals surface area contributed by atoms with Gasteiger partial charge in [0.2, 0.25) is 0 Å². The van der Waals surface area contributed by atoms with Gasteiger partial charge >= 0.3 is 0 Å². The van der Waals surface area contributed by atoms with Gasteiger partial charge in [-0.15, -0.1) is 0 Å². The molecule has 2 heterocycles. The Hall–Kier alpha value is -2.60. The van der Waals surface area contributed by atoms with E-state index >= 15 is 0 Å². The lowest BCUT2D eigenvalue weighted by Crippen LogP contribution is -2.08. The van der Waals surface area contributed by atoms with Crippen LogP contribution in [0.1, 0.15) is 0 Å². The molecule has 0 spiro atoms. The highest BCUT2D eigenvalue weighted by atomic mass is 16.5. The van der Waals surface area contributed by atoms with Gasteiger partial charge in [-0.2, -0.15) is 0 Å². The van der Waals surface area contributed by atoms with E-state index in [9.17, 15) is 0 Å². The van der Waals surface area contributed by atoms with E-state index in [1.54, 1.807) is 20.4 Å². The Morgan fingerprint density at radius 2 is 1.95 bits per heavy atom. The normalized spacial score (nSPS) is 10.8. The summed E-state index contributed by atoms with van der Waals surface area (Å²) in [6, 6.07) is 9.69. The SMILES string of the molecule is COCCNc1nccc2[nH]c(-c3ccc(OC)cc3)nc12. The Morgan fingerprint density at radius 3 is 2.68 bits per heavy atom. The van der Waals surface area contributed by atoms with E-state index in [0.717, 1.165) is 34.0 Å². The lowest BCUT2D eigenvalue weighted by atomic mass is 10.2. The molecule has 2 aromatic heterocycles. The first kappa shape index (κ1) is 14.3. The first-order valence-electron chi connectivity index (χ1n) is 7.04. The molecule has 0 aliphatic heterocycles. The number of aromatic amines is 1. The van der Waals surface area contributed by atoms with Gasteiger partial charge in [-0.05, 0) is 30.3 Å². The Bertz CT molecular complexity index is 752. The fourth-order valence-electron chi connectivity index (χ4n) is 2.22. The van der Waals surface area contributed by atoms with Crippen molar-refractivity contribution in [1.82, 2.24) is 15.0 Å². The predicted molar refractivity (Wildman–Crippen MR) is 86.2 cm³/mol. The van der Waals surface area contributed by atoms with E-state index in [4.69, 9.17) is 9.47 Å². The zero-order chi connectivity index (χ0) is 15.4. The van der Waals surface area contributed by atoms with Gasteiger partial charge in [0.05, 0.1) is 19.2 Å². The molecule has 114 valence electrons. The number of fused-ring (bicyclic) bond motifs is 1. The molecule has 0 amide bonds. The van der Waals surface area contributed by atoms with E-state index in [1.165, 1.54) is 0 Å². The lowest BCUT2D eigenvalue weighted by Gasteiger charge is -2.04. The van der Waals surface area contributed by atoms with Crippen molar-refractivity contribution in [2.75, 3.05) is 32.7 Å². The van der Waals surface area contributed by atoms with Gasteiger partial charge in [0.15, 0.2) is 5.82 Å². The summed E-state index contributed by atoms with van der Waals surface area (Å²) in [5.41, 5.74) is 2.77. The van der Waals surface area contributed by atoms with E-state index in [-0.39, 0.29) is 0 Å². The molecule has 6 nitrogen and oxygen atoms in total. The largest absolute Gasteiger partial charge is 0.497 e. The number of hydrogen-bond donors (Lipinski definition) is 2. The first-order valence-corrected chi connectivity index (χ1v) is 7.04. The van der Waals surface area contributed by atoms with Crippen molar-refractivity contribution in [3.8, 4) is 17.1 Å². The molecule has 0 atom stereocenters. The number of hydrogen-bond acceptors (Lipinski definition) is 5. The van der Waals surface area contributed by atoms with Gasteiger partial charge in [0.1, 0.15) is 17.1 Å². The molecule has 0 bridgehead atoms. The molecular formula is C16H18N4O2. The van der Waals surface area contributed by atoms with Crippen LogP contribution in [-0.4, -0.2) is 42.3 Å². The van der Waals surface area contributed by atoms with Gasteiger partial charge in [-0.1, -0.05) is 0 Å². The number of rotatable bonds is 6. The molecule has 0 unspecified atom stereocenters. The van der Waals surface area contributed by atoms with Crippen LogP contribution in [0.25, 0.3) is 22.4 Å². The summed E-state index contributed by atoms with van der Waals surface area (Å²) < 4.78 is 10.2. The highest BCUT2D eigenvalue weighted by Crippen LogP contribution is 2.25. The van der Waals surface area contributed by atoms with Crippen molar-refractivity contribution in [2.24, 2.45) is 0 Å². The van der Waals surface area contributed by atoms with Crippen molar-refractivity contribution in [3.05, 3.63) is 36.5 Å². The second-order valence-electron chi connectivity index (χ2n) is 4.79. The number of nitrogens with one attached hydrogen (secondary N) is 2. The van der Waals surface area contributed by atoms with Crippen molar-refractivity contribution in [3.63, 3.8) is 0 Å².